The second-order valence-corrected chi connectivity index (χ2v) is 6.38. The Morgan fingerprint density at radius 3 is 2.68 bits per heavy atom. The fourth-order valence-corrected chi connectivity index (χ4v) is 3.85. The van der Waals surface area contributed by atoms with E-state index in [1.54, 1.807) is 6.08 Å². The minimum atomic E-state index is -1.15. The summed E-state index contributed by atoms with van der Waals surface area (Å²) in [6.45, 7) is 1.96. The van der Waals surface area contributed by atoms with E-state index >= 15 is 4.39 Å². The van der Waals surface area contributed by atoms with Gasteiger partial charge in [0.1, 0.15) is 6.17 Å². The lowest BCUT2D eigenvalue weighted by molar-refractivity contribution is 0.112. The Morgan fingerprint density at radius 2 is 2.05 bits per heavy atom. The number of halogens is 1. The van der Waals surface area contributed by atoms with Gasteiger partial charge >= 0.3 is 0 Å². The standard InChI is InChI=1S/C19H17FOS/c1-2-19(16-9-11-22-17(16)13-21)10-8-15(12-18(19)20)14-6-4-3-5-7-14/h3-13,18H,2H2,1H3. The zero-order valence-corrected chi connectivity index (χ0v) is 13.1. The van der Waals surface area contributed by atoms with Crippen LogP contribution in [0, 0.1) is 0 Å². The predicted molar refractivity (Wildman–Crippen MR) is 90.1 cm³/mol. The molecule has 1 nitrogen and oxygen atoms in total. The average molecular weight is 312 g/mol. The molecule has 1 aromatic heterocycles. The van der Waals surface area contributed by atoms with Crippen molar-refractivity contribution >= 4 is 23.2 Å². The van der Waals surface area contributed by atoms with Gasteiger partial charge in [0.25, 0.3) is 0 Å². The SMILES string of the molecule is CCC1(c2ccsc2C=O)C=CC(c2ccccc2)=CC1F. The second-order valence-electron chi connectivity index (χ2n) is 5.43. The van der Waals surface area contributed by atoms with Crippen molar-refractivity contribution in [2.75, 3.05) is 0 Å². The fraction of sp³-hybridized carbons (Fsp3) is 0.211. The van der Waals surface area contributed by atoms with Crippen LogP contribution in [0.4, 0.5) is 4.39 Å². The number of rotatable bonds is 4. The number of benzene rings is 1. The van der Waals surface area contributed by atoms with Crippen molar-refractivity contribution in [3.8, 4) is 0 Å². The molecular weight excluding hydrogens is 295 g/mol. The van der Waals surface area contributed by atoms with Crippen LogP contribution < -0.4 is 0 Å². The van der Waals surface area contributed by atoms with Crippen molar-refractivity contribution in [2.24, 2.45) is 0 Å². The average Bonchev–Trinajstić information content (AvgIpc) is 3.05. The molecule has 0 saturated heterocycles. The maximum atomic E-state index is 15.1. The zero-order valence-electron chi connectivity index (χ0n) is 12.3. The van der Waals surface area contributed by atoms with Gasteiger partial charge in [0, 0.05) is 5.41 Å². The lowest BCUT2D eigenvalue weighted by atomic mass is 9.71. The Labute approximate surface area is 133 Å². The quantitative estimate of drug-likeness (QED) is 0.709. The van der Waals surface area contributed by atoms with Gasteiger partial charge in [-0.25, -0.2) is 4.39 Å². The molecular formula is C19H17FOS. The van der Waals surface area contributed by atoms with Crippen LogP contribution in [0.2, 0.25) is 0 Å². The summed E-state index contributed by atoms with van der Waals surface area (Å²) in [5, 5.41) is 1.85. The Hall–Kier alpha value is -2.00. The Kier molecular flexibility index (Phi) is 4.08. The number of carbonyl (C=O) groups is 1. The largest absolute Gasteiger partial charge is 0.297 e. The number of hydrogen-bond donors (Lipinski definition) is 0. The summed E-state index contributed by atoms with van der Waals surface area (Å²) in [5.41, 5.74) is 1.95. The Bertz CT molecular complexity index is 729. The molecule has 112 valence electrons. The van der Waals surface area contributed by atoms with Crippen molar-refractivity contribution in [3.05, 3.63) is 76.0 Å². The van der Waals surface area contributed by atoms with Crippen LogP contribution in [-0.4, -0.2) is 12.5 Å². The molecule has 1 aliphatic carbocycles. The van der Waals surface area contributed by atoms with Crippen LogP contribution in [0.25, 0.3) is 5.57 Å². The van der Waals surface area contributed by atoms with Gasteiger partial charge in [0.2, 0.25) is 0 Å². The van der Waals surface area contributed by atoms with E-state index < -0.39 is 11.6 Å². The van der Waals surface area contributed by atoms with Crippen LogP contribution in [0.5, 0.6) is 0 Å². The minimum Gasteiger partial charge on any atom is -0.297 e. The van der Waals surface area contributed by atoms with Gasteiger partial charge in [-0.3, -0.25) is 4.79 Å². The first kappa shape index (κ1) is 14.9. The molecule has 1 aliphatic rings. The number of allylic oxidation sites excluding steroid dienone is 4. The van der Waals surface area contributed by atoms with Gasteiger partial charge in [-0.2, -0.15) is 0 Å². The summed E-state index contributed by atoms with van der Waals surface area (Å²) in [6, 6.07) is 11.7. The first-order chi connectivity index (χ1) is 10.7. The molecule has 2 aromatic rings. The molecule has 1 aromatic carbocycles. The van der Waals surface area contributed by atoms with Crippen LogP contribution in [0.1, 0.15) is 34.1 Å². The maximum absolute atomic E-state index is 15.1. The number of alkyl halides is 1. The van der Waals surface area contributed by atoms with E-state index in [9.17, 15) is 4.79 Å². The van der Waals surface area contributed by atoms with E-state index in [4.69, 9.17) is 0 Å². The minimum absolute atomic E-state index is 0.612. The second kappa shape index (κ2) is 6.01. The van der Waals surface area contributed by atoms with Gasteiger partial charge in [-0.1, -0.05) is 49.4 Å². The summed E-state index contributed by atoms with van der Waals surface area (Å²) in [5.74, 6) is 0. The third kappa shape index (κ3) is 2.35. The van der Waals surface area contributed by atoms with Gasteiger partial charge in [-0.05, 0) is 40.6 Å². The lowest BCUT2D eigenvalue weighted by Gasteiger charge is -2.34. The third-order valence-corrected chi connectivity index (χ3v) is 5.22. The summed E-state index contributed by atoms with van der Waals surface area (Å²) < 4.78 is 15.1. The third-order valence-electron chi connectivity index (χ3n) is 4.37. The van der Waals surface area contributed by atoms with Crippen molar-refractivity contribution in [2.45, 2.75) is 24.9 Å². The van der Waals surface area contributed by atoms with Gasteiger partial charge in [0.05, 0.1) is 4.88 Å². The first-order valence-electron chi connectivity index (χ1n) is 7.35. The van der Waals surface area contributed by atoms with Crippen molar-refractivity contribution in [3.63, 3.8) is 0 Å². The van der Waals surface area contributed by atoms with Crippen LogP contribution in [0.15, 0.2) is 60.0 Å². The molecule has 0 N–H and O–H groups in total. The smallest absolute Gasteiger partial charge is 0.160 e. The number of thiophene rings is 1. The Balaban J connectivity index is 2.02. The predicted octanol–water partition coefficient (Wildman–Crippen LogP) is 5.20. The van der Waals surface area contributed by atoms with E-state index in [0.29, 0.717) is 11.3 Å². The lowest BCUT2D eigenvalue weighted by Crippen LogP contribution is -2.35. The molecule has 0 amide bonds. The molecule has 22 heavy (non-hydrogen) atoms. The maximum Gasteiger partial charge on any atom is 0.160 e. The monoisotopic (exact) mass is 312 g/mol. The van der Waals surface area contributed by atoms with Crippen LogP contribution in [0.3, 0.4) is 0 Å². The highest BCUT2D eigenvalue weighted by Crippen LogP contribution is 2.43. The number of carbonyl (C=O) groups excluding carboxylic acids is 1. The number of aldehydes is 1. The van der Waals surface area contributed by atoms with Crippen LogP contribution in [-0.2, 0) is 5.41 Å². The molecule has 1 heterocycles. The highest BCUT2D eigenvalue weighted by atomic mass is 32.1. The van der Waals surface area contributed by atoms with Crippen molar-refractivity contribution in [1.29, 1.82) is 0 Å². The molecule has 0 spiro atoms. The fourth-order valence-electron chi connectivity index (χ4n) is 3.05. The summed E-state index contributed by atoms with van der Waals surface area (Å²) in [7, 11) is 0. The van der Waals surface area contributed by atoms with Gasteiger partial charge < -0.3 is 0 Å². The normalized spacial score (nSPS) is 24.1. The summed E-state index contributed by atoms with van der Waals surface area (Å²) in [6.07, 6.45) is 5.86. The topological polar surface area (TPSA) is 17.1 Å². The van der Waals surface area contributed by atoms with Gasteiger partial charge in [-0.15, -0.1) is 11.3 Å². The van der Waals surface area contributed by atoms with Crippen molar-refractivity contribution in [1.82, 2.24) is 0 Å². The molecule has 2 unspecified atom stereocenters. The van der Waals surface area contributed by atoms with E-state index in [1.807, 2.05) is 60.9 Å². The van der Waals surface area contributed by atoms with Crippen molar-refractivity contribution < 1.29 is 9.18 Å². The van der Waals surface area contributed by atoms with E-state index in [2.05, 4.69) is 0 Å². The zero-order chi connectivity index (χ0) is 15.6. The molecule has 3 heteroatoms. The molecule has 0 bridgehead atoms. The molecule has 0 saturated carbocycles. The number of hydrogen-bond acceptors (Lipinski definition) is 2. The van der Waals surface area contributed by atoms with E-state index in [0.717, 1.165) is 23.0 Å². The Morgan fingerprint density at radius 1 is 1.27 bits per heavy atom. The summed E-state index contributed by atoms with van der Waals surface area (Å²) >= 11 is 1.37. The van der Waals surface area contributed by atoms with E-state index in [1.165, 1.54) is 11.3 Å². The first-order valence-corrected chi connectivity index (χ1v) is 8.23. The molecule has 0 aliphatic heterocycles. The van der Waals surface area contributed by atoms with Crippen LogP contribution >= 0.6 is 11.3 Å². The summed E-state index contributed by atoms with van der Waals surface area (Å²) in [4.78, 5) is 11.8. The molecule has 3 rings (SSSR count). The molecule has 0 fully saturated rings. The highest BCUT2D eigenvalue weighted by Gasteiger charge is 2.40. The van der Waals surface area contributed by atoms with E-state index in [-0.39, 0.29) is 0 Å². The highest BCUT2D eigenvalue weighted by molar-refractivity contribution is 7.11. The molecule has 2 atom stereocenters. The van der Waals surface area contributed by atoms with Gasteiger partial charge in [0.15, 0.2) is 6.29 Å². The molecule has 0 radical (unpaired) electrons.